The van der Waals surface area contributed by atoms with Gasteiger partial charge in [-0.2, -0.15) is 0 Å². The molecule has 0 radical (unpaired) electrons. The number of carbonyl (C=O) groups is 1. The van der Waals surface area contributed by atoms with Crippen LogP contribution < -0.4 is 4.74 Å². The van der Waals surface area contributed by atoms with Crippen molar-refractivity contribution in [1.29, 1.82) is 0 Å². The summed E-state index contributed by atoms with van der Waals surface area (Å²) in [6.07, 6.45) is 16.5. The molecule has 2 aromatic rings. The number of esters is 1. The van der Waals surface area contributed by atoms with Gasteiger partial charge in [0.25, 0.3) is 0 Å². The van der Waals surface area contributed by atoms with Gasteiger partial charge in [0.2, 0.25) is 0 Å². The third-order valence-electron chi connectivity index (χ3n) is 6.93. The first-order valence-corrected chi connectivity index (χ1v) is 12.5. The highest BCUT2D eigenvalue weighted by atomic mass is 16.5. The number of unbranched alkanes of at least 4 members (excludes halogenated alkanes) is 3. The Labute approximate surface area is 189 Å². The zero-order valence-corrected chi connectivity index (χ0v) is 19.6. The van der Waals surface area contributed by atoms with E-state index >= 15 is 0 Å². The molecule has 3 rings (SSSR count). The molecule has 0 N–H and O–H groups in total. The van der Waals surface area contributed by atoms with Crippen molar-refractivity contribution >= 4 is 5.97 Å². The maximum absolute atomic E-state index is 12.3. The third-order valence-corrected chi connectivity index (χ3v) is 6.93. The number of hydrogen-bond acceptors (Lipinski definition) is 2. The Balaban J connectivity index is 1.32. The van der Waals surface area contributed by atoms with Crippen LogP contribution in [0.3, 0.4) is 0 Å². The van der Waals surface area contributed by atoms with Crippen LogP contribution in [0, 0.1) is 18.8 Å². The number of benzene rings is 2. The molecule has 0 atom stereocenters. The molecule has 1 saturated carbocycles. The molecule has 0 amide bonds. The van der Waals surface area contributed by atoms with Crippen LogP contribution in [0.15, 0.2) is 48.5 Å². The van der Waals surface area contributed by atoms with E-state index in [0.29, 0.717) is 11.3 Å². The monoisotopic (exact) mass is 420 g/mol. The second-order valence-electron chi connectivity index (χ2n) is 9.53. The van der Waals surface area contributed by atoms with E-state index < -0.39 is 0 Å². The highest BCUT2D eigenvalue weighted by Crippen LogP contribution is 2.34. The number of rotatable bonds is 11. The fourth-order valence-corrected chi connectivity index (χ4v) is 4.83. The predicted octanol–water partition coefficient (Wildman–Crippen LogP) is 8.31. The van der Waals surface area contributed by atoms with E-state index in [-0.39, 0.29) is 5.97 Å². The minimum atomic E-state index is -0.291. The molecule has 0 heterocycles. The zero-order valence-electron chi connectivity index (χ0n) is 19.6. The van der Waals surface area contributed by atoms with Crippen LogP contribution in [0.1, 0.15) is 99.0 Å². The maximum Gasteiger partial charge on any atom is 0.343 e. The summed E-state index contributed by atoms with van der Waals surface area (Å²) in [5.74, 6) is 2.27. The fraction of sp³-hybridized carbons (Fsp3) is 0.552. The van der Waals surface area contributed by atoms with Crippen molar-refractivity contribution in [2.75, 3.05) is 0 Å². The van der Waals surface area contributed by atoms with Crippen molar-refractivity contribution in [2.24, 2.45) is 11.8 Å². The lowest BCUT2D eigenvalue weighted by Crippen LogP contribution is -2.14. The molecule has 1 fully saturated rings. The maximum atomic E-state index is 12.3. The van der Waals surface area contributed by atoms with Crippen LogP contribution in [0.5, 0.6) is 5.75 Å². The van der Waals surface area contributed by atoms with Crippen molar-refractivity contribution in [3.63, 3.8) is 0 Å². The Hall–Kier alpha value is -2.09. The first kappa shape index (κ1) is 23.6. The molecule has 0 saturated heterocycles. The summed E-state index contributed by atoms with van der Waals surface area (Å²) in [6, 6.07) is 15.5. The van der Waals surface area contributed by atoms with E-state index in [1.165, 1.54) is 76.2 Å². The topological polar surface area (TPSA) is 26.3 Å². The van der Waals surface area contributed by atoms with Gasteiger partial charge in [0, 0.05) is 0 Å². The number of aryl methyl sites for hydroxylation is 2. The van der Waals surface area contributed by atoms with Crippen LogP contribution >= 0.6 is 0 Å². The van der Waals surface area contributed by atoms with Gasteiger partial charge >= 0.3 is 5.97 Å². The summed E-state index contributed by atoms with van der Waals surface area (Å²) in [5, 5.41) is 0. The van der Waals surface area contributed by atoms with Crippen molar-refractivity contribution in [2.45, 2.75) is 90.9 Å². The van der Waals surface area contributed by atoms with Gasteiger partial charge in [-0.1, -0.05) is 101 Å². The molecule has 0 spiro atoms. The minimum absolute atomic E-state index is 0.291. The second-order valence-corrected chi connectivity index (χ2v) is 9.53. The van der Waals surface area contributed by atoms with Gasteiger partial charge in [-0.05, 0) is 61.4 Å². The highest BCUT2D eigenvalue weighted by Gasteiger charge is 2.20. The van der Waals surface area contributed by atoms with Gasteiger partial charge in [0.05, 0.1) is 5.56 Å². The quantitative estimate of drug-likeness (QED) is 0.207. The summed E-state index contributed by atoms with van der Waals surface area (Å²) in [7, 11) is 0. The number of carbonyl (C=O) groups excluding carboxylic acids is 1. The van der Waals surface area contributed by atoms with Crippen LogP contribution in [0.25, 0.3) is 0 Å². The van der Waals surface area contributed by atoms with Gasteiger partial charge in [0.15, 0.2) is 0 Å². The molecule has 1 aliphatic carbocycles. The summed E-state index contributed by atoms with van der Waals surface area (Å²) in [5.41, 5.74) is 3.07. The van der Waals surface area contributed by atoms with E-state index in [1.807, 2.05) is 43.3 Å². The van der Waals surface area contributed by atoms with Gasteiger partial charge in [0.1, 0.15) is 5.75 Å². The first-order chi connectivity index (χ1) is 15.1. The summed E-state index contributed by atoms with van der Waals surface area (Å²) < 4.78 is 5.46. The molecule has 0 aliphatic heterocycles. The fourth-order valence-electron chi connectivity index (χ4n) is 4.83. The van der Waals surface area contributed by atoms with Crippen LogP contribution in [-0.4, -0.2) is 5.97 Å². The van der Waals surface area contributed by atoms with Gasteiger partial charge in [-0.15, -0.1) is 0 Å². The largest absolute Gasteiger partial charge is 0.423 e. The Bertz CT molecular complexity index is 767. The average Bonchev–Trinajstić information content (AvgIpc) is 2.80. The average molecular weight is 421 g/mol. The molecule has 0 unspecified atom stereocenters. The van der Waals surface area contributed by atoms with Crippen molar-refractivity contribution in [3.05, 3.63) is 65.2 Å². The van der Waals surface area contributed by atoms with Crippen molar-refractivity contribution in [3.8, 4) is 5.75 Å². The van der Waals surface area contributed by atoms with Crippen LogP contribution in [0.4, 0.5) is 0 Å². The number of hydrogen-bond donors (Lipinski definition) is 0. The predicted molar refractivity (Wildman–Crippen MR) is 130 cm³/mol. The Kier molecular flexibility index (Phi) is 9.65. The third kappa shape index (κ3) is 8.16. The molecule has 0 aromatic heterocycles. The van der Waals surface area contributed by atoms with Crippen molar-refractivity contribution < 1.29 is 9.53 Å². The van der Waals surface area contributed by atoms with E-state index in [2.05, 4.69) is 19.1 Å². The smallest absolute Gasteiger partial charge is 0.343 e. The van der Waals surface area contributed by atoms with Gasteiger partial charge in [-0.25, -0.2) is 4.79 Å². The molecular formula is C29H40O2. The molecule has 0 bridgehead atoms. The summed E-state index contributed by atoms with van der Waals surface area (Å²) in [4.78, 5) is 12.3. The van der Waals surface area contributed by atoms with E-state index in [9.17, 15) is 4.79 Å². The molecule has 2 nitrogen and oxygen atoms in total. The van der Waals surface area contributed by atoms with Crippen molar-refractivity contribution in [1.82, 2.24) is 0 Å². The molecule has 2 heteroatoms. The standard InChI is InChI=1S/C29H40O2/c1-3-4-5-8-24-13-15-25(16-14-24)9-6-7-10-26-17-19-27(20-18-26)29(30)31-28-21-11-23(2)12-22-28/h11-12,17-22,24-25H,3-10,13-16H2,1-2H3. The SMILES string of the molecule is CCCCCC1CCC(CCCCc2ccc(C(=O)Oc3ccc(C)cc3)cc2)CC1. The van der Waals surface area contributed by atoms with Crippen LogP contribution in [0.2, 0.25) is 0 Å². The summed E-state index contributed by atoms with van der Waals surface area (Å²) >= 11 is 0. The van der Waals surface area contributed by atoms with Crippen LogP contribution in [-0.2, 0) is 6.42 Å². The van der Waals surface area contributed by atoms with E-state index in [4.69, 9.17) is 4.74 Å². The minimum Gasteiger partial charge on any atom is -0.423 e. The molecule has 2 aromatic carbocycles. The Morgan fingerprint density at radius 2 is 1.39 bits per heavy atom. The summed E-state index contributed by atoms with van der Waals surface area (Å²) in [6.45, 7) is 4.32. The highest BCUT2D eigenvalue weighted by molar-refractivity contribution is 5.91. The lowest BCUT2D eigenvalue weighted by Gasteiger charge is -2.28. The Morgan fingerprint density at radius 1 is 0.806 bits per heavy atom. The van der Waals surface area contributed by atoms with Gasteiger partial charge in [-0.3, -0.25) is 0 Å². The lowest BCUT2D eigenvalue weighted by molar-refractivity contribution is 0.0734. The van der Waals surface area contributed by atoms with E-state index in [0.717, 1.165) is 23.8 Å². The van der Waals surface area contributed by atoms with E-state index in [1.54, 1.807) is 0 Å². The molecular weight excluding hydrogens is 380 g/mol. The molecule has 168 valence electrons. The molecule has 31 heavy (non-hydrogen) atoms. The van der Waals surface area contributed by atoms with Gasteiger partial charge < -0.3 is 4.74 Å². The zero-order chi connectivity index (χ0) is 21.9. The second kappa shape index (κ2) is 12.7. The molecule has 1 aliphatic rings. The normalized spacial score (nSPS) is 18.6. The first-order valence-electron chi connectivity index (χ1n) is 12.5. The lowest BCUT2D eigenvalue weighted by atomic mass is 9.78. The number of ether oxygens (including phenoxy) is 1. The Morgan fingerprint density at radius 3 is 1.97 bits per heavy atom.